The van der Waals surface area contributed by atoms with E-state index < -0.39 is 0 Å². The Balaban J connectivity index is 1.26. The topological polar surface area (TPSA) is 51.8 Å². The van der Waals surface area contributed by atoms with Crippen LogP contribution in [-0.2, 0) is 0 Å². The molecule has 7 aromatic carbocycles. The average molecular weight is 632 g/mol. The van der Waals surface area contributed by atoms with E-state index in [4.69, 9.17) is 19.4 Å². The van der Waals surface area contributed by atoms with Gasteiger partial charge in [-0.3, -0.25) is 0 Å². The van der Waals surface area contributed by atoms with Gasteiger partial charge in [-0.2, -0.15) is 0 Å². The quantitative estimate of drug-likeness (QED) is 0.194. The van der Waals surface area contributed by atoms with Crippen LogP contribution < -0.4 is 0 Å². The van der Waals surface area contributed by atoms with Crippen molar-refractivity contribution in [1.82, 2.24) is 15.0 Å². The van der Waals surface area contributed by atoms with Gasteiger partial charge in [-0.05, 0) is 58.3 Å². The lowest BCUT2D eigenvalue weighted by Gasteiger charge is -2.13. The van der Waals surface area contributed by atoms with Crippen molar-refractivity contribution < 1.29 is 4.42 Å². The Morgan fingerprint density at radius 2 is 1.04 bits per heavy atom. The van der Waals surface area contributed by atoms with Gasteiger partial charge in [0, 0.05) is 47.6 Å². The predicted molar refractivity (Wildman–Crippen MR) is 199 cm³/mol. The number of hydrogen-bond acceptors (Lipinski definition) is 5. The van der Waals surface area contributed by atoms with Crippen molar-refractivity contribution in [3.63, 3.8) is 0 Å². The molecular formula is C43H25N3OS. The van der Waals surface area contributed by atoms with Gasteiger partial charge in [0.2, 0.25) is 0 Å². The molecule has 10 rings (SSSR count). The summed E-state index contributed by atoms with van der Waals surface area (Å²) in [5.74, 6) is 1.93. The Hall–Kier alpha value is -6.17. The van der Waals surface area contributed by atoms with E-state index in [9.17, 15) is 0 Å². The Morgan fingerprint density at radius 1 is 0.396 bits per heavy atom. The first-order chi connectivity index (χ1) is 23.8. The molecule has 0 fully saturated rings. The van der Waals surface area contributed by atoms with Crippen LogP contribution >= 0.6 is 11.3 Å². The first kappa shape index (κ1) is 27.0. The van der Waals surface area contributed by atoms with Gasteiger partial charge in [-0.25, -0.2) is 15.0 Å². The van der Waals surface area contributed by atoms with Crippen LogP contribution in [0.1, 0.15) is 0 Å². The minimum atomic E-state index is 0.631. The van der Waals surface area contributed by atoms with E-state index in [0.717, 1.165) is 60.5 Å². The van der Waals surface area contributed by atoms with Crippen molar-refractivity contribution in [2.24, 2.45) is 0 Å². The Bertz CT molecular complexity index is 2850. The predicted octanol–water partition coefficient (Wildman–Crippen LogP) is 12.0. The number of thiophene rings is 1. The summed E-state index contributed by atoms with van der Waals surface area (Å²) in [5.41, 5.74) is 6.84. The molecule has 0 saturated heterocycles. The molecule has 10 aromatic rings. The number of fused-ring (bicyclic) bond motifs is 7. The molecule has 0 aliphatic carbocycles. The molecule has 224 valence electrons. The summed E-state index contributed by atoms with van der Waals surface area (Å²) in [7, 11) is 0. The number of benzene rings is 7. The van der Waals surface area contributed by atoms with E-state index >= 15 is 0 Å². The fraction of sp³-hybridized carbons (Fsp3) is 0. The first-order valence-corrected chi connectivity index (χ1v) is 16.8. The zero-order valence-electron chi connectivity index (χ0n) is 25.6. The number of para-hydroxylation sites is 1. The van der Waals surface area contributed by atoms with E-state index in [-0.39, 0.29) is 0 Å². The van der Waals surface area contributed by atoms with Crippen LogP contribution in [0.4, 0.5) is 0 Å². The van der Waals surface area contributed by atoms with Gasteiger partial charge >= 0.3 is 0 Å². The van der Waals surface area contributed by atoms with Gasteiger partial charge in [0.25, 0.3) is 0 Å². The molecule has 0 aliphatic heterocycles. The maximum atomic E-state index is 6.30. The smallest absolute Gasteiger partial charge is 0.164 e. The van der Waals surface area contributed by atoms with Gasteiger partial charge in [0.1, 0.15) is 11.2 Å². The maximum Gasteiger partial charge on any atom is 0.164 e. The Labute approximate surface area is 279 Å². The van der Waals surface area contributed by atoms with Gasteiger partial charge in [-0.1, -0.05) is 115 Å². The molecule has 0 aliphatic rings. The van der Waals surface area contributed by atoms with Gasteiger partial charge in [0.05, 0.1) is 0 Å². The Morgan fingerprint density at radius 3 is 1.94 bits per heavy atom. The zero-order chi connectivity index (χ0) is 31.6. The second-order valence-electron chi connectivity index (χ2n) is 12.0. The standard InChI is InChI=1S/C43H25N3OS/c1-2-12-26(13-3-1)41-44-42(46-43(45-41)33-19-11-23-38-40(33)32-17-7-9-22-37(32)48-38)28-24-27-14-4-5-15-29(27)34(25-28)30-18-10-21-36-39(30)31-16-6-8-20-35(31)47-36/h1-25H. The number of nitrogens with zero attached hydrogens (tertiary/aromatic N) is 3. The third kappa shape index (κ3) is 4.25. The summed E-state index contributed by atoms with van der Waals surface area (Å²) in [4.78, 5) is 15.5. The molecule has 48 heavy (non-hydrogen) atoms. The molecule has 0 radical (unpaired) electrons. The fourth-order valence-electron chi connectivity index (χ4n) is 6.96. The summed E-state index contributed by atoms with van der Waals surface area (Å²) < 4.78 is 8.76. The molecule has 0 atom stereocenters. The van der Waals surface area contributed by atoms with Crippen LogP contribution in [0.3, 0.4) is 0 Å². The first-order valence-electron chi connectivity index (χ1n) is 15.9. The number of rotatable bonds is 4. The van der Waals surface area contributed by atoms with Crippen LogP contribution in [0.2, 0.25) is 0 Å². The van der Waals surface area contributed by atoms with E-state index in [1.165, 1.54) is 20.2 Å². The number of aromatic nitrogens is 3. The lowest BCUT2D eigenvalue weighted by Crippen LogP contribution is -2.00. The third-order valence-electron chi connectivity index (χ3n) is 9.12. The van der Waals surface area contributed by atoms with Crippen LogP contribution in [0, 0.1) is 0 Å². The SMILES string of the molecule is c1ccc(-c2nc(-c3cc(-c4cccc5oc6ccccc6c45)c4ccccc4c3)nc(-c3cccc4sc5ccccc5c34)n2)cc1. The monoisotopic (exact) mass is 631 g/mol. The molecule has 0 saturated carbocycles. The second-order valence-corrected chi connectivity index (χ2v) is 13.1. The second kappa shape index (κ2) is 10.7. The molecule has 5 heteroatoms. The summed E-state index contributed by atoms with van der Waals surface area (Å²) in [6.07, 6.45) is 0. The van der Waals surface area contributed by atoms with Crippen molar-refractivity contribution in [3.05, 3.63) is 152 Å². The maximum absolute atomic E-state index is 6.30. The normalized spacial score (nSPS) is 11.8. The van der Waals surface area contributed by atoms with Crippen LogP contribution in [0.15, 0.2) is 156 Å². The van der Waals surface area contributed by atoms with Crippen molar-refractivity contribution in [3.8, 4) is 45.3 Å². The summed E-state index contributed by atoms with van der Waals surface area (Å²) in [6.45, 7) is 0. The van der Waals surface area contributed by atoms with Crippen molar-refractivity contribution in [2.75, 3.05) is 0 Å². The summed E-state index contributed by atoms with van der Waals surface area (Å²) in [6, 6.07) is 52.6. The van der Waals surface area contributed by atoms with Gasteiger partial charge in [0.15, 0.2) is 17.5 Å². The highest BCUT2D eigenvalue weighted by Gasteiger charge is 2.19. The van der Waals surface area contributed by atoms with E-state index in [0.29, 0.717) is 17.5 Å². The molecule has 0 unspecified atom stereocenters. The van der Waals surface area contributed by atoms with E-state index in [1.807, 2.05) is 36.4 Å². The molecule has 0 N–H and O–H groups in total. The molecule has 3 heterocycles. The highest BCUT2D eigenvalue weighted by molar-refractivity contribution is 7.25. The minimum absolute atomic E-state index is 0.631. The zero-order valence-corrected chi connectivity index (χ0v) is 26.4. The fourth-order valence-corrected chi connectivity index (χ4v) is 8.10. The highest BCUT2D eigenvalue weighted by Crippen LogP contribution is 2.42. The average Bonchev–Trinajstić information content (AvgIpc) is 3.73. The van der Waals surface area contributed by atoms with Crippen LogP contribution in [0.5, 0.6) is 0 Å². The molecule has 4 nitrogen and oxygen atoms in total. The van der Waals surface area contributed by atoms with Crippen molar-refractivity contribution in [1.29, 1.82) is 0 Å². The molecule has 0 spiro atoms. The number of furan rings is 1. The van der Waals surface area contributed by atoms with Gasteiger partial charge in [-0.15, -0.1) is 11.3 Å². The lowest BCUT2D eigenvalue weighted by molar-refractivity contribution is 0.669. The van der Waals surface area contributed by atoms with Crippen LogP contribution in [-0.4, -0.2) is 15.0 Å². The molecular weight excluding hydrogens is 607 g/mol. The molecule has 0 bridgehead atoms. The van der Waals surface area contributed by atoms with Crippen molar-refractivity contribution >= 4 is 64.2 Å². The molecule has 3 aromatic heterocycles. The largest absolute Gasteiger partial charge is 0.456 e. The van der Waals surface area contributed by atoms with Crippen LogP contribution in [0.25, 0.3) is 98.2 Å². The summed E-state index contributed by atoms with van der Waals surface area (Å²) >= 11 is 1.80. The van der Waals surface area contributed by atoms with Gasteiger partial charge < -0.3 is 4.42 Å². The number of hydrogen-bond donors (Lipinski definition) is 0. The molecule has 0 amide bonds. The minimum Gasteiger partial charge on any atom is -0.456 e. The summed E-state index contributed by atoms with van der Waals surface area (Å²) in [5, 5.41) is 6.86. The lowest BCUT2D eigenvalue weighted by atomic mass is 9.92. The van der Waals surface area contributed by atoms with E-state index in [2.05, 4.69) is 115 Å². The third-order valence-corrected chi connectivity index (χ3v) is 10.3. The highest BCUT2D eigenvalue weighted by atomic mass is 32.1. The van der Waals surface area contributed by atoms with E-state index in [1.54, 1.807) is 11.3 Å². The van der Waals surface area contributed by atoms with Crippen molar-refractivity contribution in [2.45, 2.75) is 0 Å². The Kier molecular flexibility index (Phi) is 6.01.